The quantitative estimate of drug-likeness (QED) is 0.370. The zero-order valence-corrected chi connectivity index (χ0v) is 20.0. The highest BCUT2D eigenvalue weighted by Gasteiger charge is 2.17. The van der Waals surface area contributed by atoms with Gasteiger partial charge in [0.25, 0.3) is 0 Å². The first-order chi connectivity index (χ1) is 16.7. The summed E-state index contributed by atoms with van der Waals surface area (Å²) < 4.78 is 2.11. The lowest BCUT2D eigenvalue weighted by Crippen LogP contribution is -2.33. The normalized spacial score (nSPS) is 14.0. The molecule has 174 valence electrons. The number of amides is 1. The topological polar surface area (TPSA) is 49.6 Å². The summed E-state index contributed by atoms with van der Waals surface area (Å²) in [5, 5.41) is 3.81. The number of nitrogens with zero attached hydrogens (tertiary/aromatic N) is 3. The van der Waals surface area contributed by atoms with E-state index < -0.39 is 0 Å². The monoisotopic (exact) mass is 472 g/mol. The minimum atomic E-state index is 0.0791. The second-order valence-corrected chi connectivity index (χ2v) is 9.20. The smallest absolute Gasteiger partial charge is 0.220 e. The predicted molar refractivity (Wildman–Crippen MR) is 138 cm³/mol. The van der Waals surface area contributed by atoms with Crippen molar-refractivity contribution >= 4 is 23.2 Å². The maximum atomic E-state index is 12.7. The lowest BCUT2D eigenvalue weighted by atomic mass is 10.1. The van der Waals surface area contributed by atoms with Crippen molar-refractivity contribution < 1.29 is 4.79 Å². The first-order valence-corrected chi connectivity index (χ1v) is 12.4. The van der Waals surface area contributed by atoms with Crippen LogP contribution in [0.15, 0.2) is 72.9 Å². The molecule has 5 rings (SSSR count). The molecule has 1 aliphatic rings. The van der Waals surface area contributed by atoms with Gasteiger partial charge in [-0.2, -0.15) is 0 Å². The van der Waals surface area contributed by atoms with Gasteiger partial charge in [-0.05, 0) is 56.1 Å². The summed E-state index contributed by atoms with van der Waals surface area (Å²) in [7, 11) is 0. The highest BCUT2D eigenvalue weighted by Crippen LogP contribution is 2.31. The van der Waals surface area contributed by atoms with Crippen LogP contribution in [-0.4, -0.2) is 46.4 Å². The molecule has 2 aromatic carbocycles. The number of pyridine rings is 1. The molecule has 5 nitrogen and oxygen atoms in total. The van der Waals surface area contributed by atoms with Crippen molar-refractivity contribution in [2.45, 2.75) is 25.7 Å². The summed E-state index contributed by atoms with van der Waals surface area (Å²) in [6, 6.07) is 22.1. The number of fused-ring (bicyclic) bond motifs is 1. The van der Waals surface area contributed by atoms with Gasteiger partial charge in [-0.15, -0.1) is 0 Å². The standard InChI is InChI=1S/C28H29ClN4O/c29-24-11-5-4-10-23(24)22-12-14-26-31-28(21-8-2-1-3-9-21)25(33(26)20-22)13-15-27(34)30-16-19-32-17-6-7-18-32/h1-5,8-12,14,20H,6-7,13,15-19H2,(H,30,34). The van der Waals surface area contributed by atoms with E-state index in [1.165, 1.54) is 12.8 Å². The predicted octanol–water partition coefficient (Wildman–Crippen LogP) is 5.47. The van der Waals surface area contributed by atoms with Crippen LogP contribution in [0.2, 0.25) is 5.02 Å². The Morgan fingerprint density at radius 1 is 0.941 bits per heavy atom. The average Bonchev–Trinajstić information content (AvgIpc) is 3.51. The van der Waals surface area contributed by atoms with Gasteiger partial charge < -0.3 is 14.6 Å². The fourth-order valence-corrected chi connectivity index (χ4v) is 4.94. The van der Waals surface area contributed by atoms with Gasteiger partial charge in [-0.1, -0.05) is 60.1 Å². The molecule has 0 saturated carbocycles. The van der Waals surface area contributed by atoms with E-state index in [4.69, 9.17) is 16.6 Å². The summed E-state index contributed by atoms with van der Waals surface area (Å²) in [5.41, 5.74) is 5.86. The number of rotatable bonds is 8. The Hall–Kier alpha value is -3.15. The molecule has 4 aromatic rings. The van der Waals surface area contributed by atoms with Crippen LogP contribution in [0, 0.1) is 0 Å². The minimum Gasteiger partial charge on any atom is -0.355 e. The molecule has 0 atom stereocenters. The van der Waals surface area contributed by atoms with Crippen LogP contribution < -0.4 is 5.32 Å². The van der Waals surface area contributed by atoms with Crippen molar-refractivity contribution in [2.75, 3.05) is 26.2 Å². The Labute approximate surface area is 205 Å². The summed E-state index contributed by atoms with van der Waals surface area (Å²) in [6.07, 6.45) is 5.63. The van der Waals surface area contributed by atoms with Crippen molar-refractivity contribution in [3.05, 3.63) is 83.6 Å². The molecular formula is C28H29ClN4O. The second-order valence-electron chi connectivity index (χ2n) is 8.80. The number of nitrogens with one attached hydrogen (secondary N) is 1. The zero-order valence-electron chi connectivity index (χ0n) is 19.2. The number of benzene rings is 2. The largest absolute Gasteiger partial charge is 0.355 e. The number of carbonyl (C=O) groups is 1. The van der Waals surface area contributed by atoms with E-state index in [-0.39, 0.29) is 5.91 Å². The molecule has 0 radical (unpaired) electrons. The molecule has 0 bridgehead atoms. The number of aromatic nitrogens is 2. The van der Waals surface area contributed by atoms with Crippen LogP contribution in [0.1, 0.15) is 25.0 Å². The molecule has 3 heterocycles. The third-order valence-corrected chi connectivity index (χ3v) is 6.82. The maximum absolute atomic E-state index is 12.7. The molecule has 1 fully saturated rings. The maximum Gasteiger partial charge on any atom is 0.220 e. The molecule has 0 spiro atoms. The van der Waals surface area contributed by atoms with Crippen LogP contribution in [-0.2, 0) is 11.2 Å². The Bertz CT molecular complexity index is 1280. The number of likely N-dealkylation sites (tertiary alicyclic amines) is 1. The number of hydrogen-bond donors (Lipinski definition) is 1. The molecule has 1 N–H and O–H groups in total. The lowest BCUT2D eigenvalue weighted by Gasteiger charge is -2.14. The van der Waals surface area contributed by atoms with Crippen molar-refractivity contribution in [3.8, 4) is 22.4 Å². The van der Waals surface area contributed by atoms with E-state index in [0.29, 0.717) is 24.4 Å². The number of imidazole rings is 1. The first-order valence-electron chi connectivity index (χ1n) is 12.0. The van der Waals surface area contributed by atoms with Crippen molar-refractivity contribution in [1.29, 1.82) is 0 Å². The van der Waals surface area contributed by atoms with Crippen LogP contribution in [0.3, 0.4) is 0 Å². The first kappa shape index (κ1) is 22.6. The fourth-order valence-electron chi connectivity index (χ4n) is 4.69. The van der Waals surface area contributed by atoms with Crippen LogP contribution in [0.5, 0.6) is 0 Å². The summed E-state index contributed by atoms with van der Waals surface area (Å²) in [6.45, 7) is 3.92. The van der Waals surface area contributed by atoms with E-state index in [1.807, 2.05) is 54.6 Å². The van der Waals surface area contributed by atoms with E-state index in [9.17, 15) is 4.79 Å². The summed E-state index contributed by atoms with van der Waals surface area (Å²) >= 11 is 6.47. The third-order valence-electron chi connectivity index (χ3n) is 6.49. The van der Waals surface area contributed by atoms with Gasteiger partial charge in [0.2, 0.25) is 5.91 Å². The highest BCUT2D eigenvalue weighted by atomic mass is 35.5. The average molecular weight is 473 g/mol. The van der Waals surface area contributed by atoms with E-state index >= 15 is 0 Å². The minimum absolute atomic E-state index is 0.0791. The number of carbonyl (C=O) groups excluding carboxylic acids is 1. The van der Waals surface area contributed by atoms with Crippen LogP contribution >= 0.6 is 11.6 Å². The van der Waals surface area contributed by atoms with Crippen molar-refractivity contribution in [3.63, 3.8) is 0 Å². The molecule has 1 saturated heterocycles. The molecule has 34 heavy (non-hydrogen) atoms. The van der Waals surface area contributed by atoms with Crippen LogP contribution in [0.4, 0.5) is 0 Å². The molecule has 0 unspecified atom stereocenters. The van der Waals surface area contributed by atoms with Crippen LogP contribution in [0.25, 0.3) is 28.0 Å². The van der Waals surface area contributed by atoms with Gasteiger partial charge in [-0.3, -0.25) is 4.79 Å². The molecule has 2 aromatic heterocycles. The fraction of sp³-hybridized carbons (Fsp3) is 0.286. The Kier molecular flexibility index (Phi) is 6.93. The Morgan fingerprint density at radius 2 is 1.71 bits per heavy atom. The second kappa shape index (κ2) is 10.4. The van der Waals surface area contributed by atoms with Gasteiger partial charge in [0.15, 0.2) is 0 Å². The van der Waals surface area contributed by atoms with Gasteiger partial charge in [0.1, 0.15) is 5.65 Å². The zero-order chi connectivity index (χ0) is 23.3. The lowest BCUT2D eigenvalue weighted by molar-refractivity contribution is -0.121. The molecule has 1 amide bonds. The number of hydrogen-bond acceptors (Lipinski definition) is 3. The van der Waals surface area contributed by atoms with Crippen molar-refractivity contribution in [1.82, 2.24) is 19.6 Å². The van der Waals surface area contributed by atoms with E-state index in [1.54, 1.807) is 0 Å². The van der Waals surface area contributed by atoms with Gasteiger partial charge in [0.05, 0.1) is 11.4 Å². The van der Waals surface area contributed by atoms with E-state index in [2.05, 4.69) is 32.9 Å². The summed E-state index contributed by atoms with van der Waals surface area (Å²) in [4.78, 5) is 20.0. The van der Waals surface area contributed by atoms with Gasteiger partial charge in [-0.25, -0.2) is 4.98 Å². The molecule has 0 aliphatic carbocycles. The Balaban J connectivity index is 1.41. The molecule has 1 aliphatic heterocycles. The molecular weight excluding hydrogens is 444 g/mol. The van der Waals surface area contributed by atoms with Crippen molar-refractivity contribution in [2.24, 2.45) is 0 Å². The highest BCUT2D eigenvalue weighted by molar-refractivity contribution is 6.33. The third kappa shape index (κ3) is 5.01. The van der Waals surface area contributed by atoms with Gasteiger partial charge in [0, 0.05) is 41.9 Å². The Morgan fingerprint density at radius 3 is 2.50 bits per heavy atom. The number of aryl methyl sites for hydroxylation is 1. The number of halogens is 1. The van der Waals surface area contributed by atoms with Gasteiger partial charge >= 0.3 is 0 Å². The summed E-state index contributed by atoms with van der Waals surface area (Å²) in [5.74, 6) is 0.0791. The SMILES string of the molecule is O=C(CCc1c(-c2ccccc2)nc2ccc(-c3ccccc3Cl)cn12)NCCN1CCCC1. The molecule has 6 heteroatoms. The van der Waals surface area contributed by atoms with E-state index in [0.717, 1.165) is 53.4 Å².